The lowest BCUT2D eigenvalue weighted by atomic mass is 9.80. The largest absolute Gasteiger partial charge is 0.464 e. The van der Waals surface area contributed by atoms with Gasteiger partial charge in [-0.15, -0.1) is 0 Å². The summed E-state index contributed by atoms with van der Waals surface area (Å²) in [7, 11) is 0. The number of hydrogen-bond acceptors (Lipinski definition) is 4. The maximum atomic E-state index is 11.6. The molecule has 4 nitrogen and oxygen atoms in total. The monoisotopic (exact) mass is 257 g/mol. The fourth-order valence-electron chi connectivity index (χ4n) is 2.64. The average molecular weight is 257 g/mol. The SMILES string of the molecule is CCOC(=O)C(CC)OCC1CCCCC1CN. The lowest BCUT2D eigenvalue weighted by Crippen LogP contribution is -2.33. The Bertz CT molecular complexity index is 245. The highest BCUT2D eigenvalue weighted by atomic mass is 16.6. The van der Waals surface area contributed by atoms with E-state index in [1.165, 1.54) is 25.7 Å². The molecule has 4 heteroatoms. The summed E-state index contributed by atoms with van der Waals surface area (Å²) < 4.78 is 10.7. The van der Waals surface area contributed by atoms with E-state index in [1.807, 2.05) is 13.8 Å². The minimum absolute atomic E-state index is 0.236. The summed E-state index contributed by atoms with van der Waals surface area (Å²) in [6.45, 7) is 5.54. The summed E-state index contributed by atoms with van der Waals surface area (Å²) in [4.78, 5) is 11.6. The minimum Gasteiger partial charge on any atom is -0.464 e. The lowest BCUT2D eigenvalue weighted by Gasteiger charge is -2.31. The quantitative estimate of drug-likeness (QED) is 0.710. The van der Waals surface area contributed by atoms with Gasteiger partial charge < -0.3 is 15.2 Å². The van der Waals surface area contributed by atoms with E-state index in [9.17, 15) is 4.79 Å². The molecule has 0 aromatic carbocycles. The second-order valence-electron chi connectivity index (χ2n) is 5.02. The van der Waals surface area contributed by atoms with Gasteiger partial charge in [-0.2, -0.15) is 0 Å². The zero-order chi connectivity index (χ0) is 13.4. The van der Waals surface area contributed by atoms with Gasteiger partial charge in [0.1, 0.15) is 0 Å². The molecule has 2 N–H and O–H groups in total. The maximum absolute atomic E-state index is 11.6. The highest BCUT2D eigenvalue weighted by Crippen LogP contribution is 2.29. The summed E-state index contributed by atoms with van der Waals surface area (Å²) in [5.74, 6) is 0.825. The van der Waals surface area contributed by atoms with Crippen molar-refractivity contribution in [3.05, 3.63) is 0 Å². The molecule has 0 bridgehead atoms. The van der Waals surface area contributed by atoms with E-state index in [1.54, 1.807) is 0 Å². The number of nitrogens with two attached hydrogens (primary N) is 1. The molecule has 3 atom stereocenters. The summed E-state index contributed by atoms with van der Waals surface area (Å²) in [6, 6.07) is 0. The number of carbonyl (C=O) groups is 1. The molecule has 0 heterocycles. The van der Waals surface area contributed by atoms with Gasteiger partial charge in [0, 0.05) is 0 Å². The Morgan fingerprint density at radius 1 is 1.28 bits per heavy atom. The van der Waals surface area contributed by atoms with Crippen LogP contribution in [0, 0.1) is 11.8 Å². The smallest absolute Gasteiger partial charge is 0.335 e. The Balaban J connectivity index is 2.38. The average Bonchev–Trinajstić information content (AvgIpc) is 2.40. The lowest BCUT2D eigenvalue weighted by molar-refractivity contribution is -0.158. The summed E-state index contributed by atoms with van der Waals surface area (Å²) in [6.07, 6.45) is 5.14. The summed E-state index contributed by atoms with van der Waals surface area (Å²) >= 11 is 0. The number of rotatable bonds is 7. The molecule has 1 aliphatic rings. The normalized spacial score (nSPS) is 25.7. The van der Waals surface area contributed by atoms with Crippen LogP contribution in [0.5, 0.6) is 0 Å². The highest BCUT2D eigenvalue weighted by molar-refractivity contribution is 5.74. The molecule has 1 rings (SSSR count). The molecule has 18 heavy (non-hydrogen) atoms. The van der Waals surface area contributed by atoms with E-state index < -0.39 is 6.10 Å². The molecule has 1 saturated carbocycles. The van der Waals surface area contributed by atoms with E-state index in [0.717, 1.165) is 6.54 Å². The number of carbonyl (C=O) groups excluding carboxylic acids is 1. The predicted octanol–water partition coefficient (Wildman–Crippen LogP) is 2.11. The topological polar surface area (TPSA) is 61.5 Å². The van der Waals surface area contributed by atoms with Crippen LogP contribution in [0.15, 0.2) is 0 Å². The van der Waals surface area contributed by atoms with Crippen LogP contribution in [0.4, 0.5) is 0 Å². The van der Waals surface area contributed by atoms with Crippen molar-refractivity contribution in [3.8, 4) is 0 Å². The van der Waals surface area contributed by atoms with Crippen molar-refractivity contribution >= 4 is 5.97 Å². The van der Waals surface area contributed by atoms with Gasteiger partial charge in [0.05, 0.1) is 13.2 Å². The van der Waals surface area contributed by atoms with Crippen LogP contribution in [-0.4, -0.2) is 31.8 Å². The molecule has 0 amide bonds. The van der Waals surface area contributed by atoms with Crippen molar-refractivity contribution in [2.75, 3.05) is 19.8 Å². The summed E-state index contributed by atoms with van der Waals surface area (Å²) in [5, 5.41) is 0. The third-order valence-corrected chi connectivity index (χ3v) is 3.80. The fourth-order valence-corrected chi connectivity index (χ4v) is 2.64. The molecule has 1 aliphatic carbocycles. The van der Waals surface area contributed by atoms with Crippen molar-refractivity contribution in [3.63, 3.8) is 0 Å². The van der Waals surface area contributed by atoms with Gasteiger partial charge >= 0.3 is 5.97 Å². The minimum atomic E-state index is -0.412. The molecular formula is C14H27NO3. The molecular weight excluding hydrogens is 230 g/mol. The van der Waals surface area contributed by atoms with Crippen molar-refractivity contribution < 1.29 is 14.3 Å². The Hall–Kier alpha value is -0.610. The molecule has 1 fully saturated rings. The first-order valence-corrected chi connectivity index (χ1v) is 7.21. The van der Waals surface area contributed by atoms with Crippen molar-refractivity contribution in [2.24, 2.45) is 17.6 Å². The van der Waals surface area contributed by atoms with Gasteiger partial charge in [-0.25, -0.2) is 4.79 Å². The molecule has 0 saturated heterocycles. The van der Waals surface area contributed by atoms with Gasteiger partial charge in [-0.05, 0) is 44.6 Å². The molecule has 0 aromatic rings. The van der Waals surface area contributed by atoms with Crippen LogP contribution < -0.4 is 5.73 Å². The van der Waals surface area contributed by atoms with Crippen LogP contribution in [0.25, 0.3) is 0 Å². The van der Waals surface area contributed by atoms with Gasteiger partial charge in [-0.1, -0.05) is 19.8 Å². The standard InChI is InChI=1S/C14H27NO3/c1-3-13(14(16)17-4-2)18-10-12-8-6-5-7-11(12)9-15/h11-13H,3-10,15H2,1-2H3. The van der Waals surface area contributed by atoms with E-state index in [0.29, 0.717) is 31.5 Å². The number of ether oxygens (including phenoxy) is 2. The molecule has 3 unspecified atom stereocenters. The first-order valence-electron chi connectivity index (χ1n) is 7.21. The van der Waals surface area contributed by atoms with Gasteiger partial charge in [0.25, 0.3) is 0 Å². The number of hydrogen-bond donors (Lipinski definition) is 1. The predicted molar refractivity (Wildman–Crippen MR) is 71.2 cm³/mol. The van der Waals surface area contributed by atoms with E-state index in [2.05, 4.69) is 0 Å². The Morgan fingerprint density at radius 3 is 2.50 bits per heavy atom. The van der Waals surface area contributed by atoms with E-state index in [4.69, 9.17) is 15.2 Å². The molecule has 0 aromatic heterocycles. The van der Waals surface area contributed by atoms with Crippen molar-refractivity contribution in [1.82, 2.24) is 0 Å². The zero-order valence-electron chi connectivity index (χ0n) is 11.7. The second-order valence-corrected chi connectivity index (χ2v) is 5.02. The third kappa shape index (κ3) is 4.58. The Morgan fingerprint density at radius 2 is 1.94 bits per heavy atom. The Kier molecular flexibility index (Phi) is 7.28. The highest BCUT2D eigenvalue weighted by Gasteiger charge is 2.26. The Labute approximate surface area is 110 Å². The fraction of sp³-hybridized carbons (Fsp3) is 0.929. The third-order valence-electron chi connectivity index (χ3n) is 3.80. The number of esters is 1. The summed E-state index contributed by atoms with van der Waals surface area (Å²) in [5.41, 5.74) is 5.79. The van der Waals surface area contributed by atoms with Crippen LogP contribution in [-0.2, 0) is 14.3 Å². The van der Waals surface area contributed by atoms with Gasteiger partial charge in [-0.3, -0.25) is 0 Å². The van der Waals surface area contributed by atoms with Crippen molar-refractivity contribution in [1.29, 1.82) is 0 Å². The van der Waals surface area contributed by atoms with Gasteiger partial charge in [0.15, 0.2) is 6.10 Å². The van der Waals surface area contributed by atoms with E-state index >= 15 is 0 Å². The van der Waals surface area contributed by atoms with Crippen molar-refractivity contribution in [2.45, 2.75) is 52.1 Å². The van der Waals surface area contributed by atoms with Gasteiger partial charge in [0.2, 0.25) is 0 Å². The first-order chi connectivity index (χ1) is 8.72. The molecule has 0 radical (unpaired) electrons. The first kappa shape index (κ1) is 15.4. The molecule has 0 aliphatic heterocycles. The molecule has 0 spiro atoms. The van der Waals surface area contributed by atoms with Crippen LogP contribution in [0.1, 0.15) is 46.0 Å². The van der Waals surface area contributed by atoms with E-state index in [-0.39, 0.29) is 5.97 Å². The van der Waals surface area contributed by atoms with Crippen LogP contribution >= 0.6 is 0 Å². The zero-order valence-corrected chi connectivity index (χ0v) is 11.7. The van der Waals surface area contributed by atoms with Crippen LogP contribution in [0.2, 0.25) is 0 Å². The maximum Gasteiger partial charge on any atom is 0.335 e. The second kappa shape index (κ2) is 8.48. The van der Waals surface area contributed by atoms with Crippen LogP contribution in [0.3, 0.4) is 0 Å². The molecule has 106 valence electrons.